The van der Waals surface area contributed by atoms with Crippen molar-refractivity contribution in [2.45, 2.75) is 6.10 Å². The van der Waals surface area contributed by atoms with Gasteiger partial charge in [-0.1, -0.05) is 60.7 Å². The minimum absolute atomic E-state index is 0.423. The molecule has 0 aromatic heterocycles. The summed E-state index contributed by atoms with van der Waals surface area (Å²) in [5.74, 6) is -1.90. The van der Waals surface area contributed by atoms with Crippen molar-refractivity contribution >= 4 is 18.0 Å². The maximum Gasteiger partial charge on any atom is 0.349 e. The van der Waals surface area contributed by atoms with Crippen molar-refractivity contribution in [3.8, 4) is 0 Å². The Morgan fingerprint density at radius 2 is 1.52 bits per heavy atom. The van der Waals surface area contributed by atoms with Crippen molar-refractivity contribution in [2.24, 2.45) is 0 Å². The van der Waals surface area contributed by atoms with Gasteiger partial charge in [0.15, 0.2) is 0 Å². The molecule has 1 atom stereocenters. The van der Waals surface area contributed by atoms with Gasteiger partial charge in [-0.3, -0.25) is 0 Å². The van der Waals surface area contributed by atoms with Crippen LogP contribution in [0.25, 0.3) is 6.08 Å². The second-order valence-electron chi connectivity index (χ2n) is 4.31. The Kier molecular flexibility index (Phi) is 4.88. The van der Waals surface area contributed by atoms with Crippen LogP contribution < -0.4 is 0 Å². The molecule has 0 aliphatic carbocycles. The number of carbonyl (C=O) groups is 2. The molecule has 2 aromatic rings. The molecule has 2 aromatic carbocycles. The Hall–Kier alpha value is -2.88. The molecule has 0 amide bonds. The fraction of sp³-hybridized carbons (Fsp3) is 0.0588. The predicted molar refractivity (Wildman–Crippen MR) is 78.4 cm³/mol. The van der Waals surface area contributed by atoms with Crippen LogP contribution in [0.2, 0.25) is 0 Å². The average Bonchev–Trinajstić information content (AvgIpc) is 2.52. The summed E-state index contributed by atoms with van der Waals surface area (Å²) in [6, 6.07) is 17.6. The van der Waals surface area contributed by atoms with E-state index in [0.717, 1.165) is 5.56 Å². The first kappa shape index (κ1) is 14.5. The number of aliphatic carboxylic acids is 1. The summed E-state index contributed by atoms with van der Waals surface area (Å²) in [4.78, 5) is 22.9. The standard InChI is InChI=1S/C17H14O4/c18-15(12-11-13-7-3-1-4-8-13)21-16(17(19)20)14-9-5-2-6-10-14/h1-12,16H,(H,19,20)/t16-/m1/s1. The van der Waals surface area contributed by atoms with Gasteiger partial charge in [0.2, 0.25) is 6.10 Å². The molecule has 21 heavy (non-hydrogen) atoms. The minimum Gasteiger partial charge on any atom is -0.478 e. The Morgan fingerprint density at radius 1 is 0.952 bits per heavy atom. The van der Waals surface area contributed by atoms with Gasteiger partial charge in [-0.05, 0) is 11.6 Å². The van der Waals surface area contributed by atoms with E-state index in [1.54, 1.807) is 36.4 Å². The van der Waals surface area contributed by atoms with Crippen molar-refractivity contribution in [3.05, 3.63) is 77.9 Å². The third kappa shape index (κ3) is 4.31. The number of carboxylic acids is 1. The lowest BCUT2D eigenvalue weighted by Gasteiger charge is -2.12. The van der Waals surface area contributed by atoms with Crippen LogP contribution in [-0.2, 0) is 14.3 Å². The topological polar surface area (TPSA) is 63.6 Å². The quantitative estimate of drug-likeness (QED) is 0.676. The summed E-state index contributed by atoms with van der Waals surface area (Å²) in [7, 11) is 0. The molecule has 0 fully saturated rings. The van der Waals surface area contributed by atoms with Crippen molar-refractivity contribution in [3.63, 3.8) is 0 Å². The molecular formula is C17H14O4. The number of benzene rings is 2. The Morgan fingerprint density at radius 3 is 2.10 bits per heavy atom. The molecule has 4 heteroatoms. The highest BCUT2D eigenvalue weighted by atomic mass is 16.6. The number of esters is 1. The van der Waals surface area contributed by atoms with E-state index in [9.17, 15) is 9.59 Å². The summed E-state index contributed by atoms with van der Waals surface area (Å²) in [6.07, 6.45) is 1.49. The summed E-state index contributed by atoms with van der Waals surface area (Å²) in [5.41, 5.74) is 1.26. The van der Waals surface area contributed by atoms with Crippen LogP contribution in [0.4, 0.5) is 0 Å². The number of rotatable bonds is 5. The molecule has 0 saturated carbocycles. The van der Waals surface area contributed by atoms with Gasteiger partial charge in [0, 0.05) is 11.6 Å². The molecule has 0 heterocycles. The van der Waals surface area contributed by atoms with Crippen molar-refractivity contribution in [1.29, 1.82) is 0 Å². The molecule has 0 spiro atoms. The van der Waals surface area contributed by atoms with Gasteiger partial charge in [0.1, 0.15) is 0 Å². The fourth-order valence-electron chi connectivity index (χ4n) is 1.77. The van der Waals surface area contributed by atoms with Gasteiger partial charge >= 0.3 is 11.9 Å². The van der Waals surface area contributed by atoms with Crippen LogP contribution >= 0.6 is 0 Å². The van der Waals surface area contributed by atoms with E-state index in [1.807, 2.05) is 30.3 Å². The molecular weight excluding hydrogens is 268 g/mol. The molecule has 0 saturated heterocycles. The predicted octanol–water partition coefficient (Wildman–Crippen LogP) is 3.07. The first-order chi connectivity index (χ1) is 10.2. The number of carboxylic acid groups (broad SMARTS) is 1. The first-order valence-electron chi connectivity index (χ1n) is 6.38. The van der Waals surface area contributed by atoms with Crippen molar-refractivity contribution in [2.75, 3.05) is 0 Å². The van der Waals surface area contributed by atoms with E-state index >= 15 is 0 Å². The lowest BCUT2D eigenvalue weighted by Crippen LogP contribution is -2.18. The zero-order valence-corrected chi connectivity index (χ0v) is 11.2. The maximum absolute atomic E-state index is 11.7. The van der Waals surface area contributed by atoms with Crippen molar-refractivity contribution < 1.29 is 19.4 Å². The molecule has 1 N–H and O–H groups in total. The second kappa shape index (κ2) is 7.05. The van der Waals surface area contributed by atoms with Crippen LogP contribution in [0.3, 0.4) is 0 Å². The van der Waals surface area contributed by atoms with Crippen LogP contribution in [0.1, 0.15) is 17.2 Å². The molecule has 2 rings (SSSR count). The van der Waals surface area contributed by atoms with Crippen LogP contribution in [0, 0.1) is 0 Å². The van der Waals surface area contributed by atoms with Gasteiger partial charge in [0.25, 0.3) is 0 Å². The Balaban J connectivity index is 2.06. The number of hydrogen-bond acceptors (Lipinski definition) is 3. The minimum atomic E-state index is -1.31. The summed E-state index contributed by atoms with van der Waals surface area (Å²) >= 11 is 0. The van der Waals surface area contributed by atoms with Gasteiger partial charge in [-0.25, -0.2) is 9.59 Å². The molecule has 4 nitrogen and oxygen atoms in total. The van der Waals surface area contributed by atoms with Gasteiger partial charge in [-0.15, -0.1) is 0 Å². The van der Waals surface area contributed by atoms with Crippen LogP contribution in [0.15, 0.2) is 66.7 Å². The number of carbonyl (C=O) groups excluding carboxylic acids is 1. The zero-order chi connectivity index (χ0) is 15.1. The smallest absolute Gasteiger partial charge is 0.349 e. The maximum atomic E-state index is 11.7. The monoisotopic (exact) mass is 282 g/mol. The number of ether oxygens (including phenoxy) is 1. The van der Waals surface area contributed by atoms with E-state index in [2.05, 4.69) is 0 Å². The molecule has 0 aliphatic heterocycles. The fourth-order valence-corrected chi connectivity index (χ4v) is 1.77. The van der Waals surface area contributed by atoms with E-state index in [4.69, 9.17) is 9.84 Å². The summed E-state index contributed by atoms with van der Waals surface area (Å²) in [5, 5.41) is 9.16. The lowest BCUT2D eigenvalue weighted by atomic mass is 10.1. The van der Waals surface area contributed by atoms with Gasteiger partial charge < -0.3 is 9.84 Å². The van der Waals surface area contributed by atoms with Crippen LogP contribution in [-0.4, -0.2) is 17.0 Å². The zero-order valence-electron chi connectivity index (χ0n) is 11.2. The van der Waals surface area contributed by atoms with Gasteiger partial charge in [-0.2, -0.15) is 0 Å². The van der Waals surface area contributed by atoms with E-state index in [1.165, 1.54) is 6.08 Å². The number of hydrogen-bond donors (Lipinski definition) is 1. The molecule has 0 radical (unpaired) electrons. The summed E-state index contributed by atoms with van der Waals surface area (Å²) in [6.45, 7) is 0. The molecule has 0 aliphatic rings. The average molecular weight is 282 g/mol. The van der Waals surface area contributed by atoms with Gasteiger partial charge in [0.05, 0.1) is 0 Å². The highest BCUT2D eigenvalue weighted by Crippen LogP contribution is 2.18. The highest BCUT2D eigenvalue weighted by Gasteiger charge is 2.23. The third-order valence-electron chi connectivity index (χ3n) is 2.77. The van der Waals surface area contributed by atoms with E-state index < -0.39 is 18.0 Å². The normalized spacial score (nSPS) is 12.0. The second-order valence-corrected chi connectivity index (χ2v) is 4.31. The lowest BCUT2D eigenvalue weighted by molar-refractivity contribution is -0.161. The Bertz CT molecular complexity index is 632. The molecule has 0 unspecified atom stereocenters. The largest absolute Gasteiger partial charge is 0.478 e. The van der Waals surface area contributed by atoms with E-state index in [0.29, 0.717) is 5.56 Å². The Labute approximate surface area is 122 Å². The first-order valence-corrected chi connectivity index (χ1v) is 6.38. The molecule has 0 bridgehead atoms. The van der Waals surface area contributed by atoms with Crippen molar-refractivity contribution in [1.82, 2.24) is 0 Å². The SMILES string of the molecule is O=C(C=Cc1ccccc1)O[C@@H](C(=O)O)c1ccccc1. The highest BCUT2D eigenvalue weighted by molar-refractivity contribution is 5.89. The van der Waals surface area contributed by atoms with E-state index in [-0.39, 0.29) is 0 Å². The molecule has 106 valence electrons. The summed E-state index contributed by atoms with van der Waals surface area (Å²) < 4.78 is 4.99. The third-order valence-corrected chi connectivity index (χ3v) is 2.77. The van der Waals surface area contributed by atoms with Crippen LogP contribution in [0.5, 0.6) is 0 Å².